The molecule has 0 N–H and O–H groups in total. The Kier molecular flexibility index (Phi) is 4.11. The Morgan fingerprint density at radius 2 is 2.25 bits per heavy atom. The molecule has 2 rings (SSSR count). The second-order valence-electron chi connectivity index (χ2n) is 4.66. The smallest absolute Gasteiger partial charge is 0.0635 e. The highest BCUT2D eigenvalue weighted by Gasteiger charge is 2.35. The summed E-state index contributed by atoms with van der Waals surface area (Å²) in [6.45, 7) is 5.56. The summed E-state index contributed by atoms with van der Waals surface area (Å²) in [4.78, 5) is 0.661. The molecule has 1 aliphatic carbocycles. The number of aromatic nitrogens is 2. The lowest BCUT2D eigenvalue weighted by Gasteiger charge is -2.19. The Bertz CT molecular complexity index is 362. The van der Waals surface area contributed by atoms with Gasteiger partial charge in [0.2, 0.25) is 0 Å². The number of alkyl halides is 1. The van der Waals surface area contributed by atoms with Crippen LogP contribution in [0.5, 0.6) is 0 Å². The van der Waals surface area contributed by atoms with Gasteiger partial charge in [-0.05, 0) is 41.1 Å². The molecule has 1 heterocycles. The summed E-state index contributed by atoms with van der Waals surface area (Å²) < 4.78 is 3.36. The van der Waals surface area contributed by atoms with Crippen molar-refractivity contribution >= 4 is 31.9 Å². The lowest BCUT2D eigenvalue weighted by atomic mass is 9.94. The highest BCUT2D eigenvalue weighted by Crippen LogP contribution is 2.44. The maximum Gasteiger partial charge on any atom is 0.0635 e. The molecule has 0 aliphatic heterocycles. The Morgan fingerprint density at radius 3 is 2.81 bits per heavy atom. The normalized spacial score (nSPS) is 29.9. The summed E-state index contributed by atoms with van der Waals surface area (Å²) in [5.41, 5.74) is 1.40. The Labute approximate surface area is 114 Å². The Hall–Kier alpha value is 0.170. The minimum absolute atomic E-state index is 0.646. The highest BCUT2D eigenvalue weighted by atomic mass is 79.9. The molecule has 90 valence electrons. The fraction of sp³-hybridized carbons (Fsp3) is 0.750. The van der Waals surface area contributed by atoms with Crippen molar-refractivity contribution in [1.29, 1.82) is 0 Å². The second kappa shape index (κ2) is 5.21. The van der Waals surface area contributed by atoms with Crippen molar-refractivity contribution in [3.63, 3.8) is 0 Å². The molecule has 1 fully saturated rings. The molecule has 1 aliphatic rings. The average molecular weight is 350 g/mol. The molecule has 16 heavy (non-hydrogen) atoms. The summed E-state index contributed by atoms with van der Waals surface area (Å²) in [6, 6.07) is 0. The van der Waals surface area contributed by atoms with Crippen LogP contribution in [0.25, 0.3) is 0 Å². The number of hydrogen-bond donors (Lipinski definition) is 0. The molecule has 0 aromatic carbocycles. The van der Waals surface area contributed by atoms with Gasteiger partial charge in [0.05, 0.1) is 16.4 Å². The maximum atomic E-state index is 4.46. The van der Waals surface area contributed by atoms with Crippen LogP contribution in [0.15, 0.2) is 10.7 Å². The monoisotopic (exact) mass is 348 g/mol. The maximum absolute atomic E-state index is 4.46. The predicted molar refractivity (Wildman–Crippen MR) is 74.1 cm³/mol. The zero-order chi connectivity index (χ0) is 11.7. The second-order valence-corrected chi connectivity index (χ2v) is 6.69. The first-order valence-corrected chi connectivity index (χ1v) is 7.71. The topological polar surface area (TPSA) is 17.8 Å². The highest BCUT2D eigenvalue weighted by molar-refractivity contribution is 9.10. The molecule has 0 amide bonds. The van der Waals surface area contributed by atoms with Gasteiger partial charge >= 0.3 is 0 Å². The van der Waals surface area contributed by atoms with Crippen LogP contribution in [0.4, 0.5) is 0 Å². The third-order valence-electron chi connectivity index (χ3n) is 3.58. The van der Waals surface area contributed by atoms with Crippen molar-refractivity contribution in [2.24, 2.45) is 5.92 Å². The van der Waals surface area contributed by atoms with E-state index < -0.39 is 0 Å². The quantitative estimate of drug-likeness (QED) is 0.742. The molecule has 1 aromatic heterocycles. The lowest BCUT2D eigenvalue weighted by Crippen LogP contribution is -2.14. The van der Waals surface area contributed by atoms with Gasteiger partial charge in [0.25, 0.3) is 0 Å². The number of rotatable bonds is 3. The summed E-state index contributed by atoms with van der Waals surface area (Å²) in [5, 5.41) is 4.46. The van der Waals surface area contributed by atoms with Gasteiger partial charge in [-0.3, -0.25) is 4.68 Å². The van der Waals surface area contributed by atoms with Crippen LogP contribution < -0.4 is 0 Å². The van der Waals surface area contributed by atoms with Gasteiger partial charge in [0, 0.05) is 17.3 Å². The summed E-state index contributed by atoms with van der Waals surface area (Å²) >= 11 is 7.42. The number of hydrogen-bond acceptors (Lipinski definition) is 1. The largest absolute Gasteiger partial charge is 0.268 e. The van der Waals surface area contributed by atoms with Gasteiger partial charge in [-0.1, -0.05) is 29.8 Å². The fourth-order valence-corrected chi connectivity index (χ4v) is 3.86. The van der Waals surface area contributed by atoms with Crippen LogP contribution in [0.1, 0.15) is 44.7 Å². The van der Waals surface area contributed by atoms with Crippen molar-refractivity contribution in [2.75, 3.05) is 0 Å². The van der Waals surface area contributed by atoms with Gasteiger partial charge < -0.3 is 0 Å². The molecular weight excluding hydrogens is 332 g/mol. The standard InChI is InChI=1S/C12H18Br2N2/c1-3-6-16-12(11(14)7-15-16)9-4-5-10(13)8(9)2/h7-10H,3-6H2,1-2H3. The first-order chi connectivity index (χ1) is 7.65. The Morgan fingerprint density at radius 1 is 1.50 bits per heavy atom. The van der Waals surface area contributed by atoms with Crippen LogP contribution in [0.3, 0.4) is 0 Å². The van der Waals surface area contributed by atoms with Crippen molar-refractivity contribution in [3.8, 4) is 0 Å². The molecular formula is C12H18Br2N2. The van der Waals surface area contributed by atoms with E-state index in [1.807, 2.05) is 6.20 Å². The van der Waals surface area contributed by atoms with Gasteiger partial charge in [0.15, 0.2) is 0 Å². The third kappa shape index (κ3) is 2.23. The number of nitrogens with zero attached hydrogens (tertiary/aromatic N) is 2. The zero-order valence-corrected chi connectivity index (χ0v) is 13.0. The predicted octanol–water partition coefficient (Wildman–Crippen LogP) is 4.33. The molecule has 0 spiro atoms. The van der Waals surface area contributed by atoms with Crippen molar-refractivity contribution in [3.05, 3.63) is 16.4 Å². The van der Waals surface area contributed by atoms with Crippen LogP contribution >= 0.6 is 31.9 Å². The van der Waals surface area contributed by atoms with Crippen molar-refractivity contribution < 1.29 is 0 Å². The molecule has 3 atom stereocenters. The van der Waals surface area contributed by atoms with Crippen molar-refractivity contribution in [2.45, 2.75) is 50.4 Å². The zero-order valence-electron chi connectivity index (χ0n) is 9.79. The van der Waals surface area contributed by atoms with E-state index in [9.17, 15) is 0 Å². The van der Waals surface area contributed by atoms with Crippen LogP contribution in [0, 0.1) is 5.92 Å². The number of aryl methyl sites for hydroxylation is 1. The van der Waals surface area contributed by atoms with E-state index in [1.54, 1.807) is 0 Å². The van der Waals surface area contributed by atoms with E-state index in [-0.39, 0.29) is 0 Å². The SMILES string of the molecule is CCCn1ncc(Br)c1C1CCC(Br)C1C. The van der Waals surface area contributed by atoms with Gasteiger partial charge in [-0.2, -0.15) is 5.10 Å². The van der Waals surface area contributed by atoms with Crippen LogP contribution in [-0.4, -0.2) is 14.6 Å². The minimum atomic E-state index is 0.646. The molecule has 0 radical (unpaired) electrons. The molecule has 1 saturated carbocycles. The van der Waals surface area contributed by atoms with E-state index >= 15 is 0 Å². The van der Waals surface area contributed by atoms with E-state index in [4.69, 9.17) is 0 Å². The third-order valence-corrected chi connectivity index (χ3v) is 5.48. The van der Waals surface area contributed by atoms with Crippen LogP contribution in [-0.2, 0) is 6.54 Å². The van der Waals surface area contributed by atoms with E-state index in [0.717, 1.165) is 13.0 Å². The van der Waals surface area contributed by atoms with E-state index in [0.29, 0.717) is 16.7 Å². The molecule has 3 unspecified atom stereocenters. The van der Waals surface area contributed by atoms with Gasteiger partial charge in [0.1, 0.15) is 0 Å². The molecule has 2 nitrogen and oxygen atoms in total. The number of halogens is 2. The summed E-state index contributed by atoms with van der Waals surface area (Å²) in [7, 11) is 0. The fourth-order valence-electron chi connectivity index (χ4n) is 2.63. The van der Waals surface area contributed by atoms with Gasteiger partial charge in [-0.25, -0.2) is 0 Å². The van der Waals surface area contributed by atoms with E-state index in [2.05, 4.69) is 55.5 Å². The minimum Gasteiger partial charge on any atom is -0.268 e. The van der Waals surface area contributed by atoms with Crippen molar-refractivity contribution in [1.82, 2.24) is 9.78 Å². The summed E-state index contributed by atoms with van der Waals surface area (Å²) in [5.74, 6) is 1.34. The molecule has 4 heteroatoms. The molecule has 0 bridgehead atoms. The lowest BCUT2D eigenvalue weighted by molar-refractivity contribution is 0.476. The van der Waals surface area contributed by atoms with E-state index in [1.165, 1.54) is 23.0 Å². The average Bonchev–Trinajstić information content (AvgIpc) is 2.75. The molecule has 0 saturated heterocycles. The Balaban J connectivity index is 2.28. The summed E-state index contributed by atoms with van der Waals surface area (Å²) in [6.07, 6.45) is 5.62. The first-order valence-electron chi connectivity index (χ1n) is 6.00. The molecule has 1 aromatic rings. The van der Waals surface area contributed by atoms with Gasteiger partial charge in [-0.15, -0.1) is 0 Å². The van der Waals surface area contributed by atoms with Crippen LogP contribution in [0.2, 0.25) is 0 Å². The first kappa shape index (κ1) is 12.6.